The van der Waals surface area contributed by atoms with Crippen molar-refractivity contribution in [1.29, 1.82) is 0 Å². The van der Waals surface area contributed by atoms with Crippen molar-refractivity contribution in [2.75, 3.05) is 6.54 Å². The molecule has 1 amide bonds. The molecule has 1 saturated carbocycles. The van der Waals surface area contributed by atoms with Crippen LogP contribution >= 0.6 is 11.3 Å². The van der Waals surface area contributed by atoms with Crippen LogP contribution in [0.25, 0.3) is 0 Å². The molecule has 1 aliphatic carbocycles. The molecule has 1 aromatic rings. The van der Waals surface area contributed by atoms with Crippen molar-refractivity contribution >= 4 is 17.2 Å². The molecule has 4 heteroatoms. The van der Waals surface area contributed by atoms with E-state index >= 15 is 0 Å². The van der Waals surface area contributed by atoms with Gasteiger partial charge in [-0.3, -0.25) is 4.79 Å². The smallest absolute Gasteiger partial charge is 0.223 e. The third-order valence-corrected chi connectivity index (χ3v) is 5.35. The van der Waals surface area contributed by atoms with E-state index in [-0.39, 0.29) is 11.8 Å². The fraction of sp³-hybridized carbons (Fsp3) is 0.667. The van der Waals surface area contributed by atoms with Crippen LogP contribution < -0.4 is 11.1 Å². The van der Waals surface area contributed by atoms with Gasteiger partial charge in [0.2, 0.25) is 5.91 Å². The van der Waals surface area contributed by atoms with E-state index in [1.165, 1.54) is 21.7 Å². The molecular formula is C15H24N2OS. The summed E-state index contributed by atoms with van der Waals surface area (Å²) in [6.45, 7) is 5.53. The van der Waals surface area contributed by atoms with Gasteiger partial charge in [0.05, 0.1) is 6.54 Å². The number of nitrogens with two attached hydrogens (primary N) is 1. The molecule has 0 aliphatic heterocycles. The van der Waals surface area contributed by atoms with E-state index in [1.54, 1.807) is 11.3 Å². The van der Waals surface area contributed by atoms with Gasteiger partial charge >= 0.3 is 0 Å². The summed E-state index contributed by atoms with van der Waals surface area (Å²) >= 11 is 1.77. The zero-order chi connectivity index (χ0) is 13.8. The van der Waals surface area contributed by atoms with Crippen LogP contribution in [0.4, 0.5) is 0 Å². The number of thiophene rings is 1. The van der Waals surface area contributed by atoms with Gasteiger partial charge in [-0.05, 0) is 50.8 Å². The molecular weight excluding hydrogens is 256 g/mol. The van der Waals surface area contributed by atoms with Crippen molar-refractivity contribution in [2.45, 2.75) is 46.1 Å². The first-order chi connectivity index (χ1) is 9.11. The lowest BCUT2D eigenvalue weighted by molar-refractivity contribution is -0.127. The van der Waals surface area contributed by atoms with E-state index in [0.717, 1.165) is 19.3 Å². The molecule has 0 saturated heterocycles. The quantitative estimate of drug-likeness (QED) is 0.891. The molecule has 1 heterocycles. The Morgan fingerprint density at radius 3 is 2.79 bits per heavy atom. The number of carbonyl (C=O) groups excluding carboxylic acids is 1. The van der Waals surface area contributed by atoms with E-state index in [9.17, 15) is 4.79 Å². The highest BCUT2D eigenvalue weighted by Crippen LogP contribution is 2.29. The van der Waals surface area contributed by atoms with Gasteiger partial charge in [-0.1, -0.05) is 12.8 Å². The van der Waals surface area contributed by atoms with Crippen molar-refractivity contribution in [2.24, 2.45) is 17.6 Å². The summed E-state index contributed by atoms with van der Waals surface area (Å²) in [6.07, 6.45) is 4.47. The van der Waals surface area contributed by atoms with E-state index < -0.39 is 0 Å². The van der Waals surface area contributed by atoms with Crippen LogP contribution in [0.15, 0.2) is 6.07 Å². The maximum absolute atomic E-state index is 12.3. The third kappa shape index (κ3) is 3.57. The molecule has 1 aromatic heterocycles. The largest absolute Gasteiger partial charge is 0.351 e. The third-order valence-electron chi connectivity index (χ3n) is 4.20. The topological polar surface area (TPSA) is 55.1 Å². The normalized spacial score (nSPS) is 23.3. The van der Waals surface area contributed by atoms with Crippen LogP contribution in [0, 0.1) is 25.7 Å². The van der Waals surface area contributed by atoms with Crippen molar-refractivity contribution in [3.63, 3.8) is 0 Å². The summed E-state index contributed by atoms with van der Waals surface area (Å²) in [4.78, 5) is 14.8. The Morgan fingerprint density at radius 2 is 2.16 bits per heavy atom. The second-order valence-electron chi connectivity index (χ2n) is 5.56. The highest BCUT2D eigenvalue weighted by molar-refractivity contribution is 7.12. The lowest BCUT2D eigenvalue weighted by Crippen LogP contribution is -2.39. The fourth-order valence-electron chi connectivity index (χ4n) is 2.88. The molecule has 0 aromatic carbocycles. The molecule has 2 atom stereocenters. The van der Waals surface area contributed by atoms with Crippen molar-refractivity contribution in [3.8, 4) is 0 Å². The SMILES string of the molecule is Cc1cc(CNC(=O)C2CCCCC2CN)sc1C. The van der Waals surface area contributed by atoms with Gasteiger partial charge in [-0.15, -0.1) is 11.3 Å². The molecule has 3 N–H and O–H groups in total. The molecule has 1 fully saturated rings. The van der Waals surface area contributed by atoms with Gasteiger partial charge in [0.15, 0.2) is 0 Å². The maximum Gasteiger partial charge on any atom is 0.223 e. The Morgan fingerprint density at radius 1 is 1.42 bits per heavy atom. The zero-order valence-corrected chi connectivity index (χ0v) is 12.7. The predicted octanol–water partition coefficient (Wildman–Crippen LogP) is 2.75. The minimum absolute atomic E-state index is 0.126. The van der Waals surface area contributed by atoms with Crippen LogP contribution in [0.1, 0.15) is 41.0 Å². The second kappa shape index (κ2) is 6.53. The summed E-state index contributed by atoms with van der Waals surface area (Å²) < 4.78 is 0. The van der Waals surface area contributed by atoms with Crippen molar-refractivity contribution in [1.82, 2.24) is 5.32 Å². The molecule has 106 valence electrons. The standard InChI is InChI=1S/C15H24N2OS/c1-10-7-13(19-11(10)2)9-17-15(18)14-6-4-3-5-12(14)8-16/h7,12,14H,3-6,8-9,16H2,1-2H3,(H,17,18). The molecule has 19 heavy (non-hydrogen) atoms. The van der Waals surface area contributed by atoms with Gasteiger partial charge in [0.1, 0.15) is 0 Å². The van der Waals surface area contributed by atoms with Gasteiger partial charge < -0.3 is 11.1 Å². The van der Waals surface area contributed by atoms with Crippen LogP contribution in [0.5, 0.6) is 0 Å². The van der Waals surface area contributed by atoms with Crippen LogP contribution in [-0.4, -0.2) is 12.5 Å². The molecule has 1 aliphatic rings. The fourth-order valence-corrected chi connectivity index (χ4v) is 3.87. The van der Waals surface area contributed by atoms with Gasteiger partial charge in [0.25, 0.3) is 0 Å². The Hall–Kier alpha value is -0.870. The molecule has 2 unspecified atom stereocenters. The minimum Gasteiger partial charge on any atom is -0.351 e. The summed E-state index contributed by atoms with van der Waals surface area (Å²) in [7, 11) is 0. The van der Waals surface area contributed by atoms with E-state index in [1.807, 2.05) is 0 Å². The van der Waals surface area contributed by atoms with Crippen LogP contribution in [0.3, 0.4) is 0 Å². The first kappa shape index (κ1) is 14.5. The molecule has 0 bridgehead atoms. The predicted molar refractivity (Wildman–Crippen MR) is 80.1 cm³/mol. The number of nitrogens with one attached hydrogen (secondary N) is 1. The Labute approximate surface area is 119 Å². The van der Waals surface area contributed by atoms with Crippen LogP contribution in [-0.2, 0) is 11.3 Å². The summed E-state index contributed by atoms with van der Waals surface area (Å²) in [5, 5.41) is 3.09. The van der Waals surface area contributed by atoms with E-state index in [4.69, 9.17) is 5.73 Å². The van der Waals surface area contributed by atoms with Gasteiger partial charge in [-0.2, -0.15) is 0 Å². The molecule has 0 spiro atoms. The first-order valence-electron chi connectivity index (χ1n) is 7.15. The van der Waals surface area contributed by atoms with Gasteiger partial charge in [0, 0.05) is 15.7 Å². The highest BCUT2D eigenvalue weighted by atomic mass is 32.1. The average Bonchev–Trinajstić information content (AvgIpc) is 2.75. The number of hydrogen-bond acceptors (Lipinski definition) is 3. The molecule has 0 radical (unpaired) electrons. The van der Waals surface area contributed by atoms with Crippen molar-refractivity contribution in [3.05, 3.63) is 21.4 Å². The minimum atomic E-state index is 0.126. The monoisotopic (exact) mass is 280 g/mol. The summed E-state index contributed by atoms with van der Waals surface area (Å²) in [5.41, 5.74) is 7.10. The van der Waals surface area contributed by atoms with Crippen LogP contribution in [0.2, 0.25) is 0 Å². The van der Waals surface area contributed by atoms with Crippen molar-refractivity contribution < 1.29 is 4.79 Å². The van der Waals surface area contributed by atoms with E-state index in [2.05, 4.69) is 25.2 Å². The summed E-state index contributed by atoms with van der Waals surface area (Å²) in [5.74, 6) is 0.695. The molecule has 3 nitrogen and oxygen atoms in total. The number of rotatable bonds is 4. The molecule has 2 rings (SSSR count). The lowest BCUT2D eigenvalue weighted by Gasteiger charge is -2.29. The van der Waals surface area contributed by atoms with E-state index in [0.29, 0.717) is 19.0 Å². The first-order valence-corrected chi connectivity index (χ1v) is 7.97. The highest BCUT2D eigenvalue weighted by Gasteiger charge is 2.29. The average molecular weight is 280 g/mol. The Kier molecular flexibility index (Phi) is 4.99. The second-order valence-corrected chi connectivity index (χ2v) is 6.90. The Balaban J connectivity index is 1.89. The number of aryl methyl sites for hydroxylation is 2. The summed E-state index contributed by atoms with van der Waals surface area (Å²) in [6, 6.07) is 2.17. The Bertz CT molecular complexity index is 422. The lowest BCUT2D eigenvalue weighted by atomic mass is 9.79. The number of carbonyl (C=O) groups is 1. The number of amides is 1. The maximum atomic E-state index is 12.3. The van der Waals surface area contributed by atoms with Gasteiger partial charge in [-0.25, -0.2) is 0 Å². The zero-order valence-electron chi connectivity index (χ0n) is 11.9. The number of hydrogen-bond donors (Lipinski definition) is 2.